The van der Waals surface area contributed by atoms with Gasteiger partial charge in [0.2, 0.25) is 5.91 Å². The lowest BCUT2D eigenvalue weighted by Gasteiger charge is -2.08. The average Bonchev–Trinajstić information content (AvgIpc) is 2.54. The summed E-state index contributed by atoms with van der Waals surface area (Å²) in [5.41, 5.74) is 0.868. The van der Waals surface area contributed by atoms with Crippen LogP contribution in [0.1, 0.15) is 5.56 Å². The number of hydrogen-bond donors (Lipinski definition) is 2. The van der Waals surface area contributed by atoms with Gasteiger partial charge in [-0.2, -0.15) is 0 Å². The Kier molecular flexibility index (Phi) is 6.00. The summed E-state index contributed by atoms with van der Waals surface area (Å²) < 4.78 is 0. The van der Waals surface area contributed by atoms with Gasteiger partial charge in [-0.3, -0.25) is 20.2 Å². The summed E-state index contributed by atoms with van der Waals surface area (Å²) in [4.78, 5) is 22.2. The van der Waals surface area contributed by atoms with Crippen LogP contribution in [0.25, 0.3) is 6.08 Å². The van der Waals surface area contributed by atoms with Crippen LogP contribution in [0.2, 0.25) is 5.02 Å². The molecule has 6 nitrogen and oxygen atoms in total. The third-order valence-electron chi connectivity index (χ3n) is 2.88. The summed E-state index contributed by atoms with van der Waals surface area (Å²) >= 11 is 10.8. The zero-order valence-electron chi connectivity index (χ0n) is 12.2. The van der Waals surface area contributed by atoms with Gasteiger partial charge in [-0.1, -0.05) is 35.9 Å². The fourth-order valence-corrected chi connectivity index (χ4v) is 2.13. The summed E-state index contributed by atoms with van der Waals surface area (Å²) in [6.07, 6.45) is 2.90. The molecule has 0 aliphatic heterocycles. The monoisotopic (exact) mass is 361 g/mol. The van der Waals surface area contributed by atoms with Gasteiger partial charge in [0.1, 0.15) is 5.69 Å². The minimum absolute atomic E-state index is 0.0324. The predicted octanol–water partition coefficient (Wildman–Crippen LogP) is 3.77. The highest BCUT2D eigenvalue weighted by Gasteiger charge is 2.13. The number of nitro groups is 1. The smallest absolute Gasteiger partial charge is 0.292 e. The number of amides is 1. The molecule has 0 heterocycles. The van der Waals surface area contributed by atoms with Crippen LogP contribution in [-0.4, -0.2) is 15.9 Å². The Labute approximate surface area is 148 Å². The van der Waals surface area contributed by atoms with Crippen molar-refractivity contribution in [1.29, 1.82) is 0 Å². The number of nitro benzene ring substituents is 1. The first kappa shape index (κ1) is 17.6. The molecule has 2 rings (SSSR count). The molecule has 8 heteroatoms. The van der Waals surface area contributed by atoms with Crippen molar-refractivity contribution in [3.63, 3.8) is 0 Å². The predicted molar refractivity (Wildman–Crippen MR) is 97.9 cm³/mol. The lowest BCUT2D eigenvalue weighted by Crippen LogP contribution is -2.33. The van der Waals surface area contributed by atoms with Gasteiger partial charge < -0.3 is 5.32 Å². The highest BCUT2D eigenvalue weighted by Crippen LogP contribution is 2.22. The van der Waals surface area contributed by atoms with E-state index >= 15 is 0 Å². The van der Waals surface area contributed by atoms with Crippen LogP contribution in [0.3, 0.4) is 0 Å². The molecule has 0 aliphatic rings. The van der Waals surface area contributed by atoms with E-state index < -0.39 is 10.8 Å². The fraction of sp³-hybridized carbons (Fsp3) is 0. The summed E-state index contributed by atoms with van der Waals surface area (Å²) in [7, 11) is 0. The second-order valence-electron chi connectivity index (χ2n) is 4.60. The van der Waals surface area contributed by atoms with Crippen LogP contribution in [0, 0.1) is 10.1 Å². The van der Waals surface area contributed by atoms with Crippen molar-refractivity contribution in [2.45, 2.75) is 0 Å². The van der Waals surface area contributed by atoms with E-state index in [0.29, 0.717) is 5.02 Å². The minimum Gasteiger partial charge on any atom is -0.327 e. The Morgan fingerprint density at radius 1 is 1.17 bits per heavy atom. The number of carbonyl (C=O) groups excluding carboxylic acids is 1. The highest BCUT2D eigenvalue weighted by atomic mass is 35.5. The van der Waals surface area contributed by atoms with E-state index in [1.165, 1.54) is 18.2 Å². The Bertz CT molecular complexity index is 806. The van der Waals surface area contributed by atoms with Gasteiger partial charge in [0.25, 0.3) is 5.69 Å². The molecule has 122 valence electrons. The zero-order chi connectivity index (χ0) is 17.5. The first-order valence-electron chi connectivity index (χ1n) is 6.75. The first-order valence-corrected chi connectivity index (χ1v) is 7.53. The van der Waals surface area contributed by atoms with Gasteiger partial charge in [0, 0.05) is 17.2 Å². The topological polar surface area (TPSA) is 84.3 Å². The number of rotatable bonds is 4. The summed E-state index contributed by atoms with van der Waals surface area (Å²) in [6, 6.07) is 12.9. The number of thiocarbonyl (C=S) groups is 1. The largest absolute Gasteiger partial charge is 0.327 e. The van der Waals surface area contributed by atoms with Crippen LogP contribution < -0.4 is 10.6 Å². The van der Waals surface area contributed by atoms with Crippen LogP contribution >= 0.6 is 23.8 Å². The van der Waals surface area contributed by atoms with E-state index in [1.54, 1.807) is 42.5 Å². The molecule has 0 saturated heterocycles. The Morgan fingerprint density at radius 2 is 1.83 bits per heavy atom. The van der Waals surface area contributed by atoms with Crippen molar-refractivity contribution in [1.82, 2.24) is 5.32 Å². The lowest BCUT2D eigenvalue weighted by molar-refractivity contribution is -0.383. The molecule has 0 aromatic heterocycles. The quantitative estimate of drug-likeness (QED) is 0.375. The van der Waals surface area contributed by atoms with E-state index in [2.05, 4.69) is 10.6 Å². The lowest BCUT2D eigenvalue weighted by atomic mass is 10.2. The van der Waals surface area contributed by atoms with Gasteiger partial charge in [-0.05, 0) is 42.1 Å². The average molecular weight is 362 g/mol. The van der Waals surface area contributed by atoms with E-state index in [9.17, 15) is 14.9 Å². The fourth-order valence-electron chi connectivity index (χ4n) is 1.79. The van der Waals surface area contributed by atoms with Gasteiger partial charge in [0.05, 0.1) is 4.92 Å². The zero-order valence-corrected chi connectivity index (χ0v) is 13.8. The second kappa shape index (κ2) is 8.19. The van der Waals surface area contributed by atoms with Crippen molar-refractivity contribution in [3.05, 3.63) is 75.3 Å². The molecule has 0 saturated carbocycles. The van der Waals surface area contributed by atoms with Crippen molar-refractivity contribution < 1.29 is 9.72 Å². The first-order chi connectivity index (χ1) is 11.5. The van der Waals surface area contributed by atoms with E-state index in [1.807, 2.05) is 0 Å². The number of hydrogen-bond acceptors (Lipinski definition) is 4. The summed E-state index contributed by atoms with van der Waals surface area (Å²) in [5.74, 6) is -0.457. The van der Waals surface area contributed by atoms with Gasteiger partial charge in [-0.25, -0.2) is 0 Å². The van der Waals surface area contributed by atoms with Crippen LogP contribution in [-0.2, 0) is 4.79 Å². The molecule has 2 aromatic carbocycles. The number of para-hydroxylation sites is 2. The van der Waals surface area contributed by atoms with E-state index in [0.717, 1.165) is 5.56 Å². The molecule has 0 radical (unpaired) electrons. The maximum atomic E-state index is 11.8. The van der Waals surface area contributed by atoms with Crippen LogP contribution in [0.15, 0.2) is 54.6 Å². The van der Waals surface area contributed by atoms with E-state index in [-0.39, 0.29) is 16.5 Å². The van der Waals surface area contributed by atoms with E-state index in [4.69, 9.17) is 23.8 Å². The standard InChI is InChI=1S/C16H12ClN3O3S/c17-12-8-5-11(6-9-12)7-10-15(21)19-16(24)18-13-3-1-2-4-14(13)20(22)23/h1-10H,(H2,18,19,21,24). The minimum atomic E-state index is -0.535. The highest BCUT2D eigenvalue weighted by molar-refractivity contribution is 7.80. The number of nitrogens with one attached hydrogen (secondary N) is 2. The Balaban J connectivity index is 1.96. The SMILES string of the molecule is O=C(C=Cc1ccc(Cl)cc1)NC(=S)Nc1ccccc1[N+](=O)[O-]. The molecule has 0 atom stereocenters. The molecule has 1 amide bonds. The third kappa shape index (κ3) is 5.15. The Hall–Kier alpha value is -2.77. The van der Waals surface area contributed by atoms with Crippen molar-refractivity contribution in [3.8, 4) is 0 Å². The van der Waals surface area contributed by atoms with Crippen molar-refractivity contribution in [2.24, 2.45) is 0 Å². The molecule has 0 bridgehead atoms. The maximum Gasteiger partial charge on any atom is 0.292 e. The molecule has 0 aliphatic carbocycles. The molecule has 0 unspecified atom stereocenters. The van der Waals surface area contributed by atoms with Crippen LogP contribution in [0.4, 0.5) is 11.4 Å². The third-order valence-corrected chi connectivity index (χ3v) is 3.34. The van der Waals surface area contributed by atoms with Crippen LogP contribution in [0.5, 0.6) is 0 Å². The number of nitrogens with zero attached hydrogens (tertiary/aromatic N) is 1. The molecule has 2 aromatic rings. The number of carbonyl (C=O) groups is 1. The molecular formula is C16H12ClN3O3S. The molecule has 2 N–H and O–H groups in total. The number of halogens is 1. The molecule has 24 heavy (non-hydrogen) atoms. The molecule has 0 fully saturated rings. The van der Waals surface area contributed by atoms with Crippen molar-refractivity contribution in [2.75, 3.05) is 5.32 Å². The molecule has 0 spiro atoms. The van der Waals surface area contributed by atoms with Crippen molar-refractivity contribution >= 4 is 52.3 Å². The Morgan fingerprint density at radius 3 is 2.50 bits per heavy atom. The number of benzene rings is 2. The summed E-state index contributed by atoms with van der Waals surface area (Å²) in [6.45, 7) is 0. The van der Waals surface area contributed by atoms with Gasteiger partial charge in [-0.15, -0.1) is 0 Å². The number of anilines is 1. The van der Waals surface area contributed by atoms with Gasteiger partial charge >= 0.3 is 0 Å². The molecular weight excluding hydrogens is 350 g/mol. The maximum absolute atomic E-state index is 11.8. The second-order valence-corrected chi connectivity index (χ2v) is 5.45. The van der Waals surface area contributed by atoms with Gasteiger partial charge in [0.15, 0.2) is 5.11 Å². The normalized spacial score (nSPS) is 10.4. The summed E-state index contributed by atoms with van der Waals surface area (Å²) in [5, 5.41) is 16.6.